The Hall–Kier alpha value is -3.82. The first kappa shape index (κ1) is 20.5. The van der Waals surface area contributed by atoms with Crippen molar-refractivity contribution in [3.05, 3.63) is 87.1 Å². The highest BCUT2D eigenvalue weighted by atomic mass is 35.5. The fourth-order valence-electron chi connectivity index (χ4n) is 2.96. The van der Waals surface area contributed by atoms with Gasteiger partial charge < -0.3 is 4.42 Å². The first-order chi connectivity index (χ1) is 14.8. The lowest BCUT2D eigenvalue weighted by molar-refractivity contribution is -0.384. The minimum absolute atomic E-state index is 0.0412. The lowest BCUT2D eigenvalue weighted by atomic mass is 10.1. The second kappa shape index (κ2) is 8.13. The molecule has 10 heteroatoms. The number of amides is 2. The molecular formula is C21H12ClN3O5S. The third-order valence-corrected chi connectivity index (χ3v) is 5.00. The van der Waals surface area contributed by atoms with Crippen LogP contribution in [0.4, 0.5) is 11.4 Å². The molecule has 0 bridgehead atoms. The molecular weight excluding hydrogens is 442 g/mol. The van der Waals surface area contributed by atoms with E-state index in [1.807, 2.05) is 0 Å². The number of hydrogen-bond donors (Lipinski definition) is 1. The van der Waals surface area contributed by atoms with Crippen LogP contribution >= 0.6 is 23.8 Å². The normalized spacial score (nSPS) is 15.3. The summed E-state index contributed by atoms with van der Waals surface area (Å²) in [5.74, 6) is -0.566. The quantitative estimate of drug-likeness (QED) is 0.207. The molecule has 2 heterocycles. The standard InChI is InChI=1S/C21H12ClN3O5S/c22-13-3-7-14(8-4-13)24-20(27)17(19(26)23-21(24)31)11-16-9-10-18(30-16)12-1-5-15(6-2-12)25(28)29/h1-11H,(H,23,26,31). The largest absolute Gasteiger partial charge is 0.457 e. The van der Waals surface area contributed by atoms with E-state index in [4.69, 9.17) is 28.2 Å². The Morgan fingerprint density at radius 2 is 1.71 bits per heavy atom. The molecule has 0 atom stereocenters. The molecule has 0 spiro atoms. The number of carbonyl (C=O) groups excluding carboxylic acids is 2. The number of nitrogens with zero attached hydrogens (tertiary/aromatic N) is 2. The molecule has 2 aromatic carbocycles. The van der Waals surface area contributed by atoms with Crippen molar-refractivity contribution in [3.8, 4) is 11.3 Å². The lowest BCUT2D eigenvalue weighted by Gasteiger charge is -2.28. The maximum Gasteiger partial charge on any atom is 0.270 e. The number of rotatable bonds is 4. The van der Waals surface area contributed by atoms with Crippen molar-refractivity contribution in [2.24, 2.45) is 0 Å². The highest BCUT2D eigenvalue weighted by molar-refractivity contribution is 7.80. The van der Waals surface area contributed by atoms with Crippen LogP contribution in [0.1, 0.15) is 5.76 Å². The minimum atomic E-state index is -0.645. The van der Waals surface area contributed by atoms with E-state index in [2.05, 4.69) is 5.32 Å². The molecule has 1 aliphatic rings. The van der Waals surface area contributed by atoms with Crippen LogP contribution in [-0.4, -0.2) is 21.9 Å². The molecule has 3 aromatic rings. The molecule has 0 radical (unpaired) electrons. The van der Waals surface area contributed by atoms with E-state index in [1.54, 1.807) is 48.5 Å². The van der Waals surface area contributed by atoms with Gasteiger partial charge in [0.1, 0.15) is 17.1 Å². The van der Waals surface area contributed by atoms with Gasteiger partial charge in [-0.05, 0) is 66.8 Å². The van der Waals surface area contributed by atoms with Gasteiger partial charge in [-0.2, -0.15) is 0 Å². The molecule has 0 saturated carbocycles. The molecule has 1 aliphatic heterocycles. The summed E-state index contributed by atoms with van der Waals surface area (Å²) >= 11 is 11.0. The van der Waals surface area contributed by atoms with Gasteiger partial charge in [0.2, 0.25) is 0 Å². The van der Waals surface area contributed by atoms with Gasteiger partial charge in [-0.3, -0.25) is 29.9 Å². The van der Waals surface area contributed by atoms with E-state index in [0.717, 1.165) is 0 Å². The smallest absolute Gasteiger partial charge is 0.270 e. The van der Waals surface area contributed by atoms with Gasteiger partial charge in [-0.25, -0.2) is 0 Å². The van der Waals surface area contributed by atoms with Crippen molar-refractivity contribution >= 4 is 58.2 Å². The van der Waals surface area contributed by atoms with Gasteiger partial charge in [0.15, 0.2) is 5.11 Å². The number of non-ortho nitro benzene ring substituents is 1. The fraction of sp³-hybridized carbons (Fsp3) is 0. The third-order valence-electron chi connectivity index (χ3n) is 4.46. The van der Waals surface area contributed by atoms with E-state index in [1.165, 1.54) is 23.1 Å². The average Bonchev–Trinajstić information content (AvgIpc) is 3.21. The Balaban J connectivity index is 1.63. The zero-order valence-corrected chi connectivity index (χ0v) is 17.1. The maximum absolute atomic E-state index is 13.0. The van der Waals surface area contributed by atoms with Crippen LogP contribution in [0.5, 0.6) is 0 Å². The van der Waals surface area contributed by atoms with Crippen molar-refractivity contribution < 1.29 is 18.9 Å². The molecule has 4 rings (SSSR count). The Morgan fingerprint density at radius 3 is 2.35 bits per heavy atom. The molecule has 1 N–H and O–H groups in total. The molecule has 31 heavy (non-hydrogen) atoms. The number of nitro benzene ring substituents is 1. The summed E-state index contributed by atoms with van der Waals surface area (Å²) < 4.78 is 5.71. The SMILES string of the molecule is O=C1NC(=S)N(c2ccc(Cl)cc2)C(=O)C1=Cc1ccc(-c2ccc([N+](=O)[O-])cc2)o1. The number of carbonyl (C=O) groups is 2. The van der Waals surface area contributed by atoms with E-state index < -0.39 is 16.7 Å². The first-order valence-corrected chi connectivity index (χ1v) is 9.64. The molecule has 8 nitrogen and oxygen atoms in total. The number of thiocarbonyl (C=S) groups is 1. The number of hydrogen-bond acceptors (Lipinski definition) is 6. The van der Waals surface area contributed by atoms with Crippen LogP contribution in [0.25, 0.3) is 17.4 Å². The van der Waals surface area contributed by atoms with Gasteiger partial charge in [-0.15, -0.1) is 0 Å². The summed E-state index contributed by atoms with van der Waals surface area (Å²) in [4.78, 5) is 36.9. The average molecular weight is 454 g/mol. The van der Waals surface area contributed by atoms with Crippen LogP contribution < -0.4 is 10.2 Å². The Kier molecular flexibility index (Phi) is 5.37. The highest BCUT2D eigenvalue weighted by Crippen LogP contribution is 2.27. The second-order valence-corrected chi connectivity index (χ2v) is 7.26. The zero-order valence-electron chi connectivity index (χ0n) is 15.6. The van der Waals surface area contributed by atoms with Crippen LogP contribution in [0, 0.1) is 10.1 Å². The van der Waals surface area contributed by atoms with E-state index in [0.29, 0.717) is 22.0 Å². The summed E-state index contributed by atoms with van der Waals surface area (Å²) in [6.45, 7) is 0. The maximum atomic E-state index is 13.0. The van der Waals surface area contributed by atoms with Gasteiger partial charge in [-0.1, -0.05) is 11.6 Å². The van der Waals surface area contributed by atoms with Crippen molar-refractivity contribution in [1.29, 1.82) is 0 Å². The molecule has 0 aliphatic carbocycles. The Bertz CT molecular complexity index is 1250. The van der Waals surface area contributed by atoms with Crippen molar-refractivity contribution in [3.63, 3.8) is 0 Å². The predicted molar refractivity (Wildman–Crippen MR) is 118 cm³/mol. The van der Waals surface area contributed by atoms with Crippen LogP contribution in [0.15, 0.2) is 70.7 Å². The topological polar surface area (TPSA) is 106 Å². The zero-order chi connectivity index (χ0) is 22.1. The highest BCUT2D eigenvalue weighted by Gasteiger charge is 2.34. The fourth-order valence-corrected chi connectivity index (χ4v) is 3.36. The summed E-state index contributed by atoms with van der Waals surface area (Å²) in [5, 5.41) is 13.7. The summed E-state index contributed by atoms with van der Waals surface area (Å²) in [6.07, 6.45) is 1.32. The second-order valence-electron chi connectivity index (χ2n) is 6.44. The number of benzene rings is 2. The third kappa shape index (κ3) is 4.09. The summed E-state index contributed by atoms with van der Waals surface area (Å²) in [7, 11) is 0. The van der Waals surface area contributed by atoms with Gasteiger partial charge in [0.25, 0.3) is 17.5 Å². The number of nitrogens with one attached hydrogen (secondary N) is 1. The van der Waals surface area contributed by atoms with Gasteiger partial charge >= 0.3 is 0 Å². The number of nitro groups is 1. The van der Waals surface area contributed by atoms with Crippen molar-refractivity contribution in [1.82, 2.24) is 5.32 Å². The number of halogens is 1. The first-order valence-electron chi connectivity index (χ1n) is 8.85. The molecule has 154 valence electrons. The van der Waals surface area contributed by atoms with Gasteiger partial charge in [0, 0.05) is 22.7 Å². The summed E-state index contributed by atoms with van der Waals surface area (Å²) in [6, 6.07) is 15.5. The van der Waals surface area contributed by atoms with Crippen LogP contribution in [-0.2, 0) is 9.59 Å². The van der Waals surface area contributed by atoms with E-state index in [9.17, 15) is 19.7 Å². The van der Waals surface area contributed by atoms with Crippen molar-refractivity contribution in [2.45, 2.75) is 0 Å². The summed E-state index contributed by atoms with van der Waals surface area (Å²) in [5.41, 5.74) is 0.864. The van der Waals surface area contributed by atoms with Crippen LogP contribution in [0.3, 0.4) is 0 Å². The van der Waals surface area contributed by atoms with E-state index >= 15 is 0 Å². The van der Waals surface area contributed by atoms with E-state index in [-0.39, 0.29) is 22.1 Å². The Morgan fingerprint density at radius 1 is 1.03 bits per heavy atom. The van der Waals surface area contributed by atoms with Gasteiger partial charge in [0.05, 0.1) is 10.6 Å². The molecule has 1 saturated heterocycles. The monoisotopic (exact) mass is 453 g/mol. The molecule has 0 unspecified atom stereocenters. The lowest BCUT2D eigenvalue weighted by Crippen LogP contribution is -2.54. The minimum Gasteiger partial charge on any atom is -0.457 e. The number of furan rings is 1. The molecule has 2 amide bonds. The number of anilines is 1. The molecule has 1 fully saturated rings. The van der Waals surface area contributed by atoms with Crippen LogP contribution in [0.2, 0.25) is 5.02 Å². The molecule has 1 aromatic heterocycles. The Labute approximate surface area is 185 Å². The predicted octanol–water partition coefficient (Wildman–Crippen LogP) is 4.34. The van der Waals surface area contributed by atoms with Crippen molar-refractivity contribution in [2.75, 3.05) is 4.90 Å².